The number of rotatable bonds is 2. The van der Waals surface area contributed by atoms with Crippen LogP contribution < -0.4 is 0 Å². The van der Waals surface area contributed by atoms with Crippen LogP contribution in [0.25, 0.3) is 0 Å². The zero-order valence-corrected chi connectivity index (χ0v) is 7.69. The Kier molecular flexibility index (Phi) is 2.24. The molecule has 0 spiro atoms. The first-order valence-corrected chi connectivity index (χ1v) is 4.64. The van der Waals surface area contributed by atoms with Gasteiger partial charge in [-0.25, -0.2) is 8.78 Å². The molecule has 0 aliphatic heterocycles. The van der Waals surface area contributed by atoms with Crippen molar-refractivity contribution in [1.29, 1.82) is 0 Å². The molecule has 1 aromatic carbocycles. The van der Waals surface area contributed by atoms with Crippen molar-refractivity contribution in [2.45, 2.75) is 25.2 Å². The quantitative estimate of drug-likeness (QED) is 0.676. The minimum Gasteiger partial charge on any atom is -0.205 e. The zero-order valence-electron chi connectivity index (χ0n) is 6.93. The molecule has 0 heterocycles. The molecule has 0 saturated heterocycles. The van der Waals surface area contributed by atoms with Gasteiger partial charge in [0.05, 0.1) is 0 Å². The molecule has 0 unspecified atom stereocenters. The average molecular weight is 203 g/mol. The molecule has 0 atom stereocenters. The lowest BCUT2D eigenvalue weighted by Crippen LogP contribution is -1.87. The van der Waals surface area contributed by atoms with E-state index in [9.17, 15) is 8.78 Å². The highest BCUT2D eigenvalue weighted by Gasteiger charge is 2.26. The SMILES string of the molecule is FC(F)c1ccc(C2CC2)c(Cl)c1. The van der Waals surface area contributed by atoms with Crippen LogP contribution in [0.5, 0.6) is 0 Å². The van der Waals surface area contributed by atoms with Gasteiger partial charge in [-0.15, -0.1) is 0 Å². The predicted molar refractivity (Wildman–Crippen MR) is 48.4 cm³/mol. The van der Waals surface area contributed by atoms with Gasteiger partial charge in [0, 0.05) is 10.6 Å². The normalized spacial score (nSPS) is 16.6. The molecule has 1 aliphatic rings. The van der Waals surface area contributed by atoms with E-state index in [0.29, 0.717) is 10.9 Å². The molecule has 0 aromatic heterocycles. The smallest absolute Gasteiger partial charge is 0.205 e. The fraction of sp³-hybridized carbons (Fsp3) is 0.400. The van der Waals surface area contributed by atoms with Gasteiger partial charge < -0.3 is 0 Å². The Morgan fingerprint density at radius 1 is 1.31 bits per heavy atom. The highest BCUT2D eigenvalue weighted by atomic mass is 35.5. The standard InChI is InChI=1S/C10H9ClF2/c11-9-5-7(10(12)13)3-4-8(9)6-1-2-6/h3-6,10H,1-2H2. The fourth-order valence-electron chi connectivity index (χ4n) is 1.40. The van der Waals surface area contributed by atoms with Gasteiger partial charge in [-0.2, -0.15) is 0 Å². The van der Waals surface area contributed by atoms with E-state index in [0.717, 1.165) is 18.4 Å². The maximum absolute atomic E-state index is 12.2. The van der Waals surface area contributed by atoms with Gasteiger partial charge in [-0.05, 0) is 30.4 Å². The van der Waals surface area contributed by atoms with Crippen LogP contribution in [0.1, 0.15) is 36.3 Å². The lowest BCUT2D eigenvalue weighted by atomic mass is 10.1. The van der Waals surface area contributed by atoms with E-state index >= 15 is 0 Å². The summed E-state index contributed by atoms with van der Waals surface area (Å²) >= 11 is 5.88. The lowest BCUT2D eigenvalue weighted by Gasteiger charge is -2.04. The number of benzene rings is 1. The van der Waals surface area contributed by atoms with Gasteiger partial charge in [0.25, 0.3) is 6.43 Å². The van der Waals surface area contributed by atoms with Crippen molar-refractivity contribution in [1.82, 2.24) is 0 Å². The maximum atomic E-state index is 12.2. The van der Waals surface area contributed by atoms with Gasteiger partial charge in [-0.3, -0.25) is 0 Å². The molecule has 13 heavy (non-hydrogen) atoms. The number of hydrogen-bond acceptors (Lipinski definition) is 0. The van der Waals surface area contributed by atoms with Gasteiger partial charge in [0.2, 0.25) is 0 Å². The summed E-state index contributed by atoms with van der Waals surface area (Å²) in [6, 6.07) is 4.56. The second-order valence-corrected chi connectivity index (χ2v) is 3.76. The summed E-state index contributed by atoms with van der Waals surface area (Å²) in [5.41, 5.74) is 1.03. The van der Waals surface area contributed by atoms with E-state index in [1.807, 2.05) is 0 Å². The third-order valence-corrected chi connectivity index (χ3v) is 2.62. The summed E-state index contributed by atoms with van der Waals surface area (Å²) in [7, 11) is 0. The number of halogens is 3. The summed E-state index contributed by atoms with van der Waals surface area (Å²) in [5.74, 6) is 0.513. The minimum absolute atomic E-state index is 0.00870. The lowest BCUT2D eigenvalue weighted by molar-refractivity contribution is 0.151. The molecule has 0 bridgehead atoms. The second-order valence-electron chi connectivity index (χ2n) is 3.36. The molecular weight excluding hydrogens is 194 g/mol. The molecule has 0 amide bonds. The van der Waals surface area contributed by atoms with Crippen LogP contribution in [0.15, 0.2) is 18.2 Å². The molecule has 1 fully saturated rings. The Hall–Kier alpha value is -0.630. The Morgan fingerprint density at radius 3 is 2.46 bits per heavy atom. The molecule has 0 nitrogen and oxygen atoms in total. The van der Waals surface area contributed by atoms with E-state index in [4.69, 9.17) is 11.6 Å². The molecule has 1 saturated carbocycles. The van der Waals surface area contributed by atoms with Crippen LogP contribution >= 0.6 is 11.6 Å². The zero-order chi connectivity index (χ0) is 9.42. The van der Waals surface area contributed by atoms with Gasteiger partial charge in [0.15, 0.2) is 0 Å². The van der Waals surface area contributed by atoms with E-state index in [-0.39, 0.29) is 5.56 Å². The van der Waals surface area contributed by atoms with E-state index in [1.54, 1.807) is 6.07 Å². The molecule has 3 heteroatoms. The molecule has 2 rings (SSSR count). The number of alkyl halides is 2. The van der Waals surface area contributed by atoms with Crippen molar-refractivity contribution in [2.24, 2.45) is 0 Å². The molecule has 1 aliphatic carbocycles. The van der Waals surface area contributed by atoms with Crippen molar-refractivity contribution >= 4 is 11.6 Å². The van der Waals surface area contributed by atoms with E-state index in [2.05, 4.69) is 0 Å². The molecule has 70 valence electrons. The first-order chi connectivity index (χ1) is 6.18. The van der Waals surface area contributed by atoms with Gasteiger partial charge >= 0.3 is 0 Å². The summed E-state index contributed by atoms with van der Waals surface area (Å²) in [4.78, 5) is 0. The van der Waals surface area contributed by atoms with Crippen molar-refractivity contribution in [3.8, 4) is 0 Å². The third-order valence-electron chi connectivity index (χ3n) is 2.29. The Labute approximate surface area is 80.5 Å². The average Bonchev–Trinajstić information content (AvgIpc) is 2.87. The predicted octanol–water partition coefficient (Wildman–Crippen LogP) is 4.16. The van der Waals surface area contributed by atoms with Crippen molar-refractivity contribution in [3.63, 3.8) is 0 Å². The van der Waals surface area contributed by atoms with Gasteiger partial charge in [0.1, 0.15) is 0 Å². The Morgan fingerprint density at radius 2 is 2.00 bits per heavy atom. The Bertz CT molecular complexity index is 319. The van der Waals surface area contributed by atoms with Crippen LogP contribution in [0.4, 0.5) is 8.78 Å². The van der Waals surface area contributed by atoms with Crippen LogP contribution in [0.3, 0.4) is 0 Å². The second kappa shape index (κ2) is 3.26. The molecule has 0 radical (unpaired) electrons. The van der Waals surface area contributed by atoms with Crippen molar-refractivity contribution in [3.05, 3.63) is 34.3 Å². The number of hydrogen-bond donors (Lipinski definition) is 0. The van der Waals surface area contributed by atoms with Crippen molar-refractivity contribution in [2.75, 3.05) is 0 Å². The van der Waals surface area contributed by atoms with E-state index < -0.39 is 6.43 Å². The largest absolute Gasteiger partial charge is 0.263 e. The Balaban J connectivity index is 2.31. The maximum Gasteiger partial charge on any atom is 0.263 e. The first-order valence-electron chi connectivity index (χ1n) is 4.26. The molecule has 0 N–H and O–H groups in total. The third kappa shape index (κ3) is 1.83. The summed E-state index contributed by atoms with van der Waals surface area (Å²) in [5, 5.41) is 0.486. The fourth-order valence-corrected chi connectivity index (χ4v) is 1.75. The molecule has 1 aromatic rings. The van der Waals surface area contributed by atoms with Gasteiger partial charge in [-0.1, -0.05) is 23.7 Å². The first kappa shape index (κ1) is 8.95. The highest BCUT2D eigenvalue weighted by Crippen LogP contribution is 2.43. The van der Waals surface area contributed by atoms with E-state index in [1.165, 1.54) is 12.1 Å². The van der Waals surface area contributed by atoms with Crippen LogP contribution in [-0.4, -0.2) is 0 Å². The van der Waals surface area contributed by atoms with Crippen molar-refractivity contribution < 1.29 is 8.78 Å². The topological polar surface area (TPSA) is 0 Å². The van der Waals surface area contributed by atoms with Crippen LogP contribution in [-0.2, 0) is 0 Å². The minimum atomic E-state index is -2.43. The van der Waals surface area contributed by atoms with Crippen LogP contribution in [0, 0.1) is 0 Å². The summed E-state index contributed by atoms with van der Waals surface area (Å²) < 4.78 is 24.5. The monoisotopic (exact) mass is 202 g/mol. The summed E-state index contributed by atoms with van der Waals surface area (Å²) in [6.45, 7) is 0. The highest BCUT2D eigenvalue weighted by molar-refractivity contribution is 6.31. The summed E-state index contributed by atoms with van der Waals surface area (Å²) in [6.07, 6.45) is -0.160. The van der Waals surface area contributed by atoms with Crippen LogP contribution in [0.2, 0.25) is 5.02 Å². The molecular formula is C10H9ClF2.